The minimum atomic E-state index is -0.551. The van der Waals surface area contributed by atoms with Gasteiger partial charge >= 0.3 is 0 Å². The molecule has 1 aliphatic carbocycles. The second-order valence-corrected chi connectivity index (χ2v) is 6.03. The molecule has 0 radical (unpaired) electrons. The molecule has 1 atom stereocenters. The van der Waals surface area contributed by atoms with Crippen molar-refractivity contribution in [2.75, 3.05) is 0 Å². The average molecular weight is 332 g/mol. The highest BCUT2D eigenvalue weighted by Gasteiger charge is 2.35. The van der Waals surface area contributed by atoms with E-state index in [1.165, 1.54) is 6.08 Å². The Morgan fingerprint density at radius 1 is 0.840 bits per heavy atom. The SMILES string of the molecule is O=C1C(=Cc2cc(F)ccc2F)[C@H](c2ccccc2)c2ccccc21. The number of benzene rings is 3. The zero-order valence-electron chi connectivity index (χ0n) is 13.2. The number of carbonyl (C=O) groups excluding carboxylic acids is 1. The highest BCUT2D eigenvalue weighted by molar-refractivity contribution is 6.17. The van der Waals surface area contributed by atoms with Gasteiger partial charge in [-0.1, -0.05) is 54.6 Å². The van der Waals surface area contributed by atoms with E-state index in [2.05, 4.69) is 0 Å². The Hall–Kier alpha value is -3.07. The fourth-order valence-corrected chi connectivity index (χ4v) is 3.36. The average Bonchev–Trinajstić information content (AvgIpc) is 2.91. The maximum Gasteiger partial charge on any atom is 0.190 e. The number of fused-ring (bicyclic) bond motifs is 1. The van der Waals surface area contributed by atoms with E-state index in [0.29, 0.717) is 11.1 Å². The van der Waals surface area contributed by atoms with Crippen LogP contribution in [0.25, 0.3) is 6.08 Å². The van der Waals surface area contributed by atoms with Crippen molar-refractivity contribution >= 4 is 11.9 Å². The first kappa shape index (κ1) is 15.5. The van der Waals surface area contributed by atoms with Gasteiger partial charge in [0.15, 0.2) is 5.78 Å². The van der Waals surface area contributed by atoms with Crippen LogP contribution in [0.3, 0.4) is 0 Å². The molecule has 0 amide bonds. The van der Waals surface area contributed by atoms with Crippen LogP contribution in [0.5, 0.6) is 0 Å². The molecule has 4 rings (SSSR count). The van der Waals surface area contributed by atoms with Crippen molar-refractivity contribution in [2.45, 2.75) is 5.92 Å². The van der Waals surface area contributed by atoms with Crippen molar-refractivity contribution < 1.29 is 13.6 Å². The van der Waals surface area contributed by atoms with E-state index in [4.69, 9.17) is 0 Å². The van der Waals surface area contributed by atoms with E-state index in [9.17, 15) is 13.6 Å². The van der Waals surface area contributed by atoms with Crippen LogP contribution in [0, 0.1) is 11.6 Å². The summed E-state index contributed by atoms with van der Waals surface area (Å²) in [6.45, 7) is 0. The van der Waals surface area contributed by atoms with Gasteiger partial charge in [0.25, 0.3) is 0 Å². The van der Waals surface area contributed by atoms with E-state index >= 15 is 0 Å². The van der Waals surface area contributed by atoms with E-state index in [1.807, 2.05) is 48.5 Å². The Balaban J connectivity index is 1.93. The summed E-state index contributed by atoms with van der Waals surface area (Å²) in [5, 5.41) is 0. The summed E-state index contributed by atoms with van der Waals surface area (Å²) in [4.78, 5) is 12.9. The number of carbonyl (C=O) groups is 1. The lowest BCUT2D eigenvalue weighted by atomic mass is 9.89. The molecule has 0 spiro atoms. The minimum absolute atomic E-state index is 0.0806. The van der Waals surface area contributed by atoms with Crippen molar-refractivity contribution in [2.24, 2.45) is 0 Å². The number of rotatable bonds is 2. The van der Waals surface area contributed by atoms with Gasteiger partial charge in [-0.3, -0.25) is 4.79 Å². The molecule has 122 valence electrons. The molecular formula is C22H14F2O. The summed E-state index contributed by atoms with van der Waals surface area (Å²) < 4.78 is 27.6. The van der Waals surface area contributed by atoms with E-state index in [-0.39, 0.29) is 17.3 Å². The van der Waals surface area contributed by atoms with Crippen molar-refractivity contribution in [1.82, 2.24) is 0 Å². The van der Waals surface area contributed by atoms with Crippen molar-refractivity contribution in [3.05, 3.63) is 112 Å². The highest BCUT2D eigenvalue weighted by Crippen LogP contribution is 2.42. The molecule has 0 saturated carbocycles. The third-order valence-electron chi connectivity index (χ3n) is 4.49. The lowest BCUT2D eigenvalue weighted by Crippen LogP contribution is -2.03. The molecule has 0 unspecified atom stereocenters. The quantitative estimate of drug-likeness (QED) is 0.576. The second kappa shape index (κ2) is 6.10. The van der Waals surface area contributed by atoms with Crippen LogP contribution in [0.4, 0.5) is 8.78 Å². The number of hydrogen-bond acceptors (Lipinski definition) is 1. The summed E-state index contributed by atoms with van der Waals surface area (Å²) in [6, 6.07) is 20.2. The van der Waals surface area contributed by atoms with Crippen LogP contribution < -0.4 is 0 Å². The molecule has 0 fully saturated rings. The van der Waals surface area contributed by atoms with Gasteiger partial charge in [0.2, 0.25) is 0 Å². The monoisotopic (exact) mass is 332 g/mol. The Morgan fingerprint density at radius 3 is 2.36 bits per heavy atom. The molecule has 0 saturated heterocycles. The van der Waals surface area contributed by atoms with Crippen LogP contribution in [0.2, 0.25) is 0 Å². The molecule has 0 aliphatic heterocycles. The van der Waals surface area contributed by atoms with Gasteiger partial charge in [-0.2, -0.15) is 0 Å². The molecule has 0 aromatic heterocycles. The lowest BCUT2D eigenvalue weighted by molar-refractivity contribution is 0.103. The van der Waals surface area contributed by atoms with Crippen LogP contribution in [0.15, 0.2) is 78.4 Å². The summed E-state index contributed by atoms with van der Waals surface area (Å²) in [7, 11) is 0. The maximum absolute atomic E-state index is 14.1. The summed E-state index contributed by atoms with van der Waals surface area (Å²) in [5.74, 6) is -1.52. The van der Waals surface area contributed by atoms with Crippen LogP contribution >= 0.6 is 0 Å². The van der Waals surface area contributed by atoms with Crippen molar-refractivity contribution in [3.63, 3.8) is 0 Å². The normalized spacial score (nSPS) is 17.8. The van der Waals surface area contributed by atoms with Gasteiger partial charge in [0.05, 0.1) is 0 Å². The number of hydrogen-bond donors (Lipinski definition) is 0. The van der Waals surface area contributed by atoms with Gasteiger partial charge in [0, 0.05) is 22.6 Å². The van der Waals surface area contributed by atoms with Gasteiger partial charge in [-0.05, 0) is 35.4 Å². The first-order valence-electron chi connectivity index (χ1n) is 8.00. The summed E-state index contributed by atoms with van der Waals surface area (Å²) in [5.41, 5.74) is 2.99. The molecule has 3 aromatic rings. The molecule has 1 aliphatic rings. The smallest absolute Gasteiger partial charge is 0.190 e. The molecule has 3 aromatic carbocycles. The Kier molecular flexibility index (Phi) is 3.77. The fourth-order valence-electron chi connectivity index (χ4n) is 3.36. The van der Waals surface area contributed by atoms with E-state index in [0.717, 1.165) is 29.3 Å². The van der Waals surface area contributed by atoms with E-state index < -0.39 is 11.6 Å². The van der Waals surface area contributed by atoms with Gasteiger partial charge < -0.3 is 0 Å². The Labute approximate surface area is 144 Å². The Morgan fingerprint density at radius 2 is 1.56 bits per heavy atom. The third kappa shape index (κ3) is 2.68. The standard InChI is InChI=1S/C22H14F2O/c23-16-10-11-20(24)15(12-16)13-19-21(14-6-2-1-3-7-14)17-8-4-5-9-18(17)22(19)25/h1-13,21H/t21-/m1/s1. The second-order valence-electron chi connectivity index (χ2n) is 6.03. The molecule has 3 heteroatoms. The zero-order valence-corrected chi connectivity index (χ0v) is 13.2. The molecule has 0 N–H and O–H groups in total. The molecule has 0 bridgehead atoms. The molecule has 1 nitrogen and oxygen atoms in total. The van der Waals surface area contributed by atoms with Crippen molar-refractivity contribution in [3.8, 4) is 0 Å². The van der Waals surface area contributed by atoms with Crippen molar-refractivity contribution in [1.29, 1.82) is 0 Å². The predicted molar refractivity (Wildman–Crippen MR) is 93.4 cm³/mol. The topological polar surface area (TPSA) is 17.1 Å². The molecule has 25 heavy (non-hydrogen) atoms. The maximum atomic E-state index is 14.1. The highest BCUT2D eigenvalue weighted by atomic mass is 19.1. The minimum Gasteiger partial charge on any atom is -0.289 e. The van der Waals surface area contributed by atoms with Gasteiger partial charge in [0.1, 0.15) is 11.6 Å². The largest absolute Gasteiger partial charge is 0.289 e. The molecular weight excluding hydrogens is 318 g/mol. The van der Waals surface area contributed by atoms with Gasteiger partial charge in [-0.25, -0.2) is 8.78 Å². The first-order chi connectivity index (χ1) is 12.1. The number of halogens is 2. The predicted octanol–water partition coefficient (Wildman–Crippen LogP) is 5.38. The number of Topliss-reactive ketones (excluding diaryl/α,β-unsaturated/α-hetero) is 1. The zero-order chi connectivity index (χ0) is 17.4. The fraction of sp³-hybridized carbons (Fsp3) is 0.0455. The van der Waals surface area contributed by atoms with Crippen LogP contribution in [-0.2, 0) is 0 Å². The lowest BCUT2D eigenvalue weighted by Gasteiger charge is -2.14. The summed E-state index contributed by atoms with van der Waals surface area (Å²) >= 11 is 0. The van der Waals surface area contributed by atoms with Gasteiger partial charge in [-0.15, -0.1) is 0 Å². The molecule has 0 heterocycles. The third-order valence-corrected chi connectivity index (χ3v) is 4.49. The number of ketones is 1. The Bertz CT molecular complexity index is 990. The van der Waals surface area contributed by atoms with Crippen LogP contribution in [-0.4, -0.2) is 5.78 Å². The first-order valence-corrected chi connectivity index (χ1v) is 8.00. The summed E-state index contributed by atoms with van der Waals surface area (Å²) in [6.07, 6.45) is 1.47. The number of allylic oxidation sites excluding steroid dienone is 1. The van der Waals surface area contributed by atoms with Crippen LogP contribution in [0.1, 0.15) is 33.0 Å². The van der Waals surface area contributed by atoms with E-state index in [1.54, 1.807) is 6.07 Å².